The molecule has 0 bridgehead atoms. The van der Waals surface area contributed by atoms with Crippen molar-refractivity contribution < 1.29 is 14.9 Å². The quantitative estimate of drug-likeness (QED) is 0.630. The predicted molar refractivity (Wildman–Crippen MR) is 57.0 cm³/mol. The maximum absolute atomic E-state index is 9.10. The number of anilines is 1. The van der Waals surface area contributed by atoms with Gasteiger partial charge in [0.05, 0.1) is 31.2 Å². The van der Waals surface area contributed by atoms with Crippen LogP contribution >= 0.6 is 0 Å². The Balaban J connectivity index is 2.42. The first kappa shape index (κ1) is 11.7. The number of aliphatic hydroxyl groups excluding tert-OH is 2. The molecule has 1 atom stereocenters. The van der Waals surface area contributed by atoms with Gasteiger partial charge in [0.1, 0.15) is 0 Å². The number of aromatic nitrogens is 1. The van der Waals surface area contributed by atoms with E-state index in [0.717, 1.165) is 5.69 Å². The molecule has 0 aromatic carbocycles. The van der Waals surface area contributed by atoms with E-state index in [4.69, 9.17) is 14.9 Å². The van der Waals surface area contributed by atoms with Crippen molar-refractivity contribution in [3.05, 3.63) is 18.3 Å². The maximum atomic E-state index is 9.10. The average molecular weight is 212 g/mol. The number of hydrogen-bond acceptors (Lipinski definition) is 5. The molecule has 1 rings (SSSR count). The molecule has 1 heterocycles. The van der Waals surface area contributed by atoms with Crippen molar-refractivity contribution in [3.63, 3.8) is 0 Å². The van der Waals surface area contributed by atoms with Crippen LogP contribution < -0.4 is 10.1 Å². The second-order valence-electron chi connectivity index (χ2n) is 3.04. The first-order valence-corrected chi connectivity index (χ1v) is 4.88. The smallest absolute Gasteiger partial charge is 0.213 e. The van der Waals surface area contributed by atoms with Crippen LogP contribution in [0.1, 0.15) is 6.92 Å². The molecule has 0 aliphatic carbocycles. The van der Waals surface area contributed by atoms with Gasteiger partial charge in [0.15, 0.2) is 0 Å². The zero-order valence-electron chi connectivity index (χ0n) is 8.68. The van der Waals surface area contributed by atoms with Gasteiger partial charge in [-0.05, 0) is 13.0 Å². The van der Waals surface area contributed by atoms with Crippen LogP contribution in [0.5, 0.6) is 5.88 Å². The minimum Gasteiger partial charge on any atom is -0.478 e. The van der Waals surface area contributed by atoms with E-state index >= 15 is 0 Å². The fraction of sp³-hybridized carbons (Fsp3) is 0.500. The summed E-state index contributed by atoms with van der Waals surface area (Å²) in [5.74, 6) is 0.575. The van der Waals surface area contributed by atoms with Gasteiger partial charge in [-0.15, -0.1) is 0 Å². The fourth-order valence-electron chi connectivity index (χ4n) is 1.02. The minimum absolute atomic E-state index is 0.253. The second kappa shape index (κ2) is 6.21. The van der Waals surface area contributed by atoms with Crippen molar-refractivity contribution >= 4 is 5.69 Å². The van der Waals surface area contributed by atoms with Gasteiger partial charge in [0.2, 0.25) is 5.88 Å². The van der Waals surface area contributed by atoms with Crippen LogP contribution in [0.3, 0.4) is 0 Å². The highest BCUT2D eigenvalue weighted by atomic mass is 16.5. The molecule has 0 unspecified atom stereocenters. The molecule has 0 amide bonds. The number of hydrogen-bond donors (Lipinski definition) is 3. The molecule has 1 aromatic heterocycles. The molecule has 15 heavy (non-hydrogen) atoms. The van der Waals surface area contributed by atoms with Gasteiger partial charge in [0.25, 0.3) is 0 Å². The number of ether oxygens (including phenoxy) is 1. The van der Waals surface area contributed by atoms with Gasteiger partial charge < -0.3 is 20.3 Å². The number of aliphatic hydroxyl groups is 2. The molecule has 0 saturated heterocycles. The summed E-state index contributed by atoms with van der Waals surface area (Å²) in [5.41, 5.74) is 0.783. The third-order valence-electron chi connectivity index (χ3n) is 1.78. The Morgan fingerprint density at radius 2 is 2.33 bits per heavy atom. The summed E-state index contributed by atoms with van der Waals surface area (Å²) in [5, 5.41) is 20.6. The Bertz CT molecular complexity index is 277. The lowest BCUT2D eigenvalue weighted by atomic mass is 10.3. The summed E-state index contributed by atoms with van der Waals surface area (Å²) in [6, 6.07) is 3.55. The summed E-state index contributed by atoms with van der Waals surface area (Å²) < 4.78 is 5.18. The average Bonchev–Trinajstić information content (AvgIpc) is 2.28. The molecule has 5 heteroatoms. The highest BCUT2D eigenvalue weighted by Gasteiger charge is 2.01. The van der Waals surface area contributed by atoms with Crippen molar-refractivity contribution in [2.75, 3.05) is 25.1 Å². The summed E-state index contributed by atoms with van der Waals surface area (Å²) in [4.78, 5) is 4.04. The highest BCUT2D eigenvalue weighted by Crippen LogP contribution is 2.11. The number of pyridine rings is 1. The minimum atomic E-state index is -0.753. The van der Waals surface area contributed by atoms with E-state index < -0.39 is 6.10 Å². The molecule has 0 radical (unpaired) electrons. The number of nitrogens with zero attached hydrogens (tertiary/aromatic N) is 1. The molecule has 0 aliphatic rings. The van der Waals surface area contributed by atoms with E-state index in [2.05, 4.69) is 10.3 Å². The Labute approximate surface area is 88.7 Å². The summed E-state index contributed by atoms with van der Waals surface area (Å²) in [7, 11) is 0. The summed E-state index contributed by atoms with van der Waals surface area (Å²) >= 11 is 0. The van der Waals surface area contributed by atoms with Crippen molar-refractivity contribution in [1.82, 2.24) is 4.98 Å². The zero-order valence-corrected chi connectivity index (χ0v) is 8.68. The van der Waals surface area contributed by atoms with Gasteiger partial charge >= 0.3 is 0 Å². The Morgan fingerprint density at radius 3 is 2.87 bits per heavy atom. The highest BCUT2D eigenvalue weighted by molar-refractivity contribution is 5.42. The van der Waals surface area contributed by atoms with Crippen LogP contribution in [0.2, 0.25) is 0 Å². The Kier molecular flexibility index (Phi) is 4.86. The van der Waals surface area contributed by atoms with E-state index in [1.165, 1.54) is 0 Å². The van der Waals surface area contributed by atoms with E-state index in [-0.39, 0.29) is 6.61 Å². The zero-order chi connectivity index (χ0) is 11.1. The molecule has 1 aromatic rings. The van der Waals surface area contributed by atoms with Crippen molar-refractivity contribution in [2.45, 2.75) is 13.0 Å². The van der Waals surface area contributed by atoms with Gasteiger partial charge in [-0.1, -0.05) is 0 Å². The van der Waals surface area contributed by atoms with Crippen LogP contribution in [0, 0.1) is 0 Å². The maximum Gasteiger partial charge on any atom is 0.213 e. The molecule has 0 aliphatic heterocycles. The topological polar surface area (TPSA) is 74.6 Å². The van der Waals surface area contributed by atoms with E-state index in [1.807, 2.05) is 13.0 Å². The van der Waals surface area contributed by atoms with Crippen molar-refractivity contribution in [3.8, 4) is 5.88 Å². The molecule has 3 N–H and O–H groups in total. The monoisotopic (exact) mass is 212 g/mol. The molecule has 5 nitrogen and oxygen atoms in total. The molecular formula is C10H16N2O3. The van der Waals surface area contributed by atoms with E-state index in [0.29, 0.717) is 19.0 Å². The van der Waals surface area contributed by atoms with Crippen LogP contribution in [0.4, 0.5) is 5.69 Å². The Morgan fingerprint density at radius 1 is 1.53 bits per heavy atom. The molecule has 0 fully saturated rings. The van der Waals surface area contributed by atoms with Crippen LogP contribution in [0.25, 0.3) is 0 Å². The summed E-state index contributed by atoms with van der Waals surface area (Å²) in [6.07, 6.45) is 0.867. The fourth-order valence-corrected chi connectivity index (χ4v) is 1.02. The SMILES string of the molecule is CCOc1ccc(NC[C@H](O)CO)cn1. The predicted octanol–water partition coefficient (Wildman–Crippen LogP) is 0.245. The largest absolute Gasteiger partial charge is 0.478 e. The summed E-state index contributed by atoms with van der Waals surface area (Å²) in [6.45, 7) is 2.53. The lowest BCUT2D eigenvalue weighted by Crippen LogP contribution is -2.22. The normalized spacial score (nSPS) is 12.2. The van der Waals surface area contributed by atoms with Crippen LogP contribution in [-0.4, -0.2) is 41.1 Å². The van der Waals surface area contributed by atoms with Crippen LogP contribution in [0.15, 0.2) is 18.3 Å². The van der Waals surface area contributed by atoms with Gasteiger partial charge in [0, 0.05) is 12.6 Å². The lowest BCUT2D eigenvalue weighted by molar-refractivity contribution is 0.105. The second-order valence-corrected chi connectivity index (χ2v) is 3.04. The molecular weight excluding hydrogens is 196 g/mol. The van der Waals surface area contributed by atoms with Gasteiger partial charge in [-0.3, -0.25) is 0 Å². The third-order valence-corrected chi connectivity index (χ3v) is 1.78. The molecule has 0 saturated carbocycles. The van der Waals surface area contributed by atoms with E-state index in [1.54, 1.807) is 12.3 Å². The standard InChI is InChI=1S/C10H16N2O3/c1-2-15-10-4-3-8(5-12-10)11-6-9(14)7-13/h3-5,9,11,13-14H,2,6-7H2,1H3/t9-/m0/s1. The van der Waals surface area contributed by atoms with Gasteiger partial charge in [-0.25, -0.2) is 4.98 Å². The van der Waals surface area contributed by atoms with E-state index in [9.17, 15) is 0 Å². The number of rotatable bonds is 6. The number of nitrogens with one attached hydrogen (secondary N) is 1. The Hall–Kier alpha value is -1.33. The first-order chi connectivity index (χ1) is 7.26. The third kappa shape index (κ3) is 4.14. The van der Waals surface area contributed by atoms with Crippen LogP contribution in [-0.2, 0) is 0 Å². The molecule has 0 spiro atoms. The van der Waals surface area contributed by atoms with Crippen molar-refractivity contribution in [1.29, 1.82) is 0 Å². The first-order valence-electron chi connectivity index (χ1n) is 4.88. The van der Waals surface area contributed by atoms with Gasteiger partial charge in [-0.2, -0.15) is 0 Å². The van der Waals surface area contributed by atoms with Crippen molar-refractivity contribution in [2.24, 2.45) is 0 Å². The molecule has 84 valence electrons. The lowest BCUT2D eigenvalue weighted by Gasteiger charge is -2.10.